The second kappa shape index (κ2) is 4.93. The van der Waals surface area contributed by atoms with Gasteiger partial charge in [0.05, 0.1) is 16.9 Å². The fourth-order valence-electron chi connectivity index (χ4n) is 1.59. The minimum absolute atomic E-state index is 0.0853. The lowest BCUT2D eigenvalue weighted by molar-refractivity contribution is 0.0698. The molecule has 0 atom stereocenters. The molecule has 0 aliphatic heterocycles. The average Bonchev–Trinajstić information content (AvgIpc) is 2.33. The summed E-state index contributed by atoms with van der Waals surface area (Å²) in [6, 6.07) is 6.90. The van der Waals surface area contributed by atoms with E-state index in [0.29, 0.717) is 5.69 Å². The first-order valence-corrected chi connectivity index (χ1v) is 5.32. The van der Waals surface area contributed by atoms with E-state index in [9.17, 15) is 13.6 Å². The first-order valence-electron chi connectivity index (χ1n) is 5.32. The second-order valence-corrected chi connectivity index (χ2v) is 3.86. The van der Waals surface area contributed by atoms with Crippen molar-refractivity contribution in [1.82, 2.24) is 0 Å². The number of aromatic carboxylic acids is 1. The van der Waals surface area contributed by atoms with Crippen molar-refractivity contribution in [2.75, 3.05) is 11.1 Å². The summed E-state index contributed by atoms with van der Waals surface area (Å²) in [6.45, 7) is 0. The van der Waals surface area contributed by atoms with Crippen molar-refractivity contribution in [3.05, 3.63) is 53.6 Å². The number of anilines is 3. The van der Waals surface area contributed by atoms with Crippen LogP contribution in [0.3, 0.4) is 0 Å². The minimum atomic E-state index is -1.20. The Labute approximate surface area is 107 Å². The summed E-state index contributed by atoms with van der Waals surface area (Å²) in [6.07, 6.45) is 0. The Bertz CT molecular complexity index is 645. The zero-order valence-electron chi connectivity index (χ0n) is 9.65. The Balaban J connectivity index is 2.45. The third-order valence-corrected chi connectivity index (χ3v) is 2.47. The lowest BCUT2D eigenvalue weighted by Gasteiger charge is -2.11. The van der Waals surface area contributed by atoms with Crippen LogP contribution in [-0.4, -0.2) is 11.1 Å². The van der Waals surface area contributed by atoms with Crippen molar-refractivity contribution < 1.29 is 18.7 Å². The molecular weight excluding hydrogens is 254 g/mol. The maximum Gasteiger partial charge on any atom is 0.337 e. The van der Waals surface area contributed by atoms with E-state index in [1.807, 2.05) is 0 Å². The number of hydrogen-bond donors (Lipinski definition) is 3. The predicted octanol–water partition coefficient (Wildman–Crippen LogP) is 2.99. The lowest BCUT2D eigenvalue weighted by atomic mass is 10.1. The van der Waals surface area contributed by atoms with E-state index >= 15 is 0 Å². The van der Waals surface area contributed by atoms with Crippen molar-refractivity contribution in [3.63, 3.8) is 0 Å². The smallest absolute Gasteiger partial charge is 0.337 e. The molecule has 2 aromatic carbocycles. The van der Waals surface area contributed by atoms with Gasteiger partial charge in [-0.25, -0.2) is 13.6 Å². The van der Waals surface area contributed by atoms with E-state index in [0.717, 1.165) is 18.2 Å². The van der Waals surface area contributed by atoms with E-state index in [-0.39, 0.29) is 16.9 Å². The Hall–Kier alpha value is -2.63. The number of carboxylic acids is 1. The molecule has 0 heterocycles. The molecule has 0 spiro atoms. The summed E-state index contributed by atoms with van der Waals surface area (Å²) >= 11 is 0. The maximum atomic E-state index is 13.5. The summed E-state index contributed by atoms with van der Waals surface area (Å²) < 4.78 is 26.5. The molecule has 0 aliphatic carbocycles. The summed E-state index contributed by atoms with van der Waals surface area (Å²) in [5.41, 5.74) is 5.71. The van der Waals surface area contributed by atoms with E-state index in [1.54, 1.807) is 0 Å². The number of benzene rings is 2. The molecule has 6 heteroatoms. The van der Waals surface area contributed by atoms with Gasteiger partial charge in [-0.1, -0.05) is 0 Å². The van der Waals surface area contributed by atoms with Gasteiger partial charge in [0, 0.05) is 11.8 Å². The summed E-state index contributed by atoms with van der Waals surface area (Å²) in [7, 11) is 0. The van der Waals surface area contributed by atoms with Crippen LogP contribution < -0.4 is 11.1 Å². The van der Waals surface area contributed by atoms with Gasteiger partial charge in [-0.15, -0.1) is 0 Å². The topological polar surface area (TPSA) is 75.4 Å². The van der Waals surface area contributed by atoms with Crippen LogP contribution in [0.5, 0.6) is 0 Å². The van der Waals surface area contributed by atoms with Gasteiger partial charge in [0.1, 0.15) is 11.6 Å². The number of hydrogen-bond acceptors (Lipinski definition) is 3. The second-order valence-electron chi connectivity index (χ2n) is 3.86. The van der Waals surface area contributed by atoms with Crippen molar-refractivity contribution in [2.45, 2.75) is 0 Å². The molecule has 0 amide bonds. The van der Waals surface area contributed by atoms with E-state index in [4.69, 9.17) is 10.8 Å². The zero-order chi connectivity index (χ0) is 14.0. The van der Waals surface area contributed by atoms with Crippen LogP contribution in [0.4, 0.5) is 25.8 Å². The first kappa shape index (κ1) is 12.8. The number of nitrogens with two attached hydrogens (primary N) is 1. The van der Waals surface area contributed by atoms with Crippen LogP contribution in [0.25, 0.3) is 0 Å². The molecule has 98 valence electrons. The number of carboxylic acid groups (broad SMARTS) is 1. The summed E-state index contributed by atoms with van der Waals surface area (Å²) in [4.78, 5) is 11.0. The summed E-state index contributed by atoms with van der Waals surface area (Å²) in [5, 5.41) is 11.5. The van der Waals surface area contributed by atoms with Crippen LogP contribution in [0.1, 0.15) is 10.4 Å². The number of rotatable bonds is 3. The Morgan fingerprint density at radius 3 is 2.53 bits per heavy atom. The third-order valence-electron chi connectivity index (χ3n) is 2.47. The molecule has 0 saturated carbocycles. The van der Waals surface area contributed by atoms with Crippen molar-refractivity contribution in [2.24, 2.45) is 0 Å². The summed E-state index contributed by atoms with van der Waals surface area (Å²) in [5.74, 6) is -2.52. The number of carbonyl (C=O) groups is 1. The van der Waals surface area contributed by atoms with Crippen molar-refractivity contribution in [3.8, 4) is 0 Å². The van der Waals surface area contributed by atoms with Gasteiger partial charge in [-0.3, -0.25) is 0 Å². The average molecular weight is 264 g/mol. The number of halogens is 2. The van der Waals surface area contributed by atoms with Gasteiger partial charge >= 0.3 is 5.97 Å². The SMILES string of the molecule is Nc1ccc(C(=O)O)c(Nc2cc(F)ccc2F)c1. The van der Waals surface area contributed by atoms with Crippen molar-refractivity contribution >= 4 is 23.0 Å². The molecule has 0 aliphatic rings. The standard InChI is InChI=1S/C13H10F2N2O2/c14-7-1-4-10(15)12(5-7)17-11-6-8(16)2-3-9(11)13(18)19/h1-6,17H,16H2,(H,18,19). The van der Waals surface area contributed by atoms with Crippen LogP contribution >= 0.6 is 0 Å². The molecule has 0 bridgehead atoms. The number of nitrogens with one attached hydrogen (secondary N) is 1. The van der Waals surface area contributed by atoms with Gasteiger partial charge in [-0.2, -0.15) is 0 Å². The first-order chi connectivity index (χ1) is 8.97. The monoisotopic (exact) mass is 264 g/mol. The predicted molar refractivity (Wildman–Crippen MR) is 67.5 cm³/mol. The quantitative estimate of drug-likeness (QED) is 0.745. The van der Waals surface area contributed by atoms with Crippen LogP contribution in [0.15, 0.2) is 36.4 Å². The largest absolute Gasteiger partial charge is 0.478 e. The fourth-order valence-corrected chi connectivity index (χ4v) is 1.59. The van der Waals surface area contributed by atoms with Gasteiger partial charge in [0.2, 0.25) is 0 Å². The molecule has 4 nitrogen and oxygen atoms in total. The molecule has 19 heavy (non-hydrogen) atoms. The third kappa shape index (κ3) is 2.79. The molecule has 0 unspecified atom stereocenters. The van der Waals surface area contributed by atoms with Crippen molar-refractivity contribution in [1.29, 1.82) is 0 Å². The Morgan fingerprint density at radius 1 is 1.11 bits per heavy atom. The molecule has 0 radical (unpaired) electrons. The zero-order valence-corrected chi connectivity index (χ0v) is 9.65. The van der Waals surface area contributed by atoms with Gasteiger partial charge in [-0.05, 0) is 30.3 Å². The minimum Gasteiger partial charge on any atom is -0.478 e. The normalized spacial score (nSPS) is 10.2. The van der Waals surface area contributed by atoms with Crippen LogP contribution in [-0.2, 0) is 0 Å². The van der Waals surface area contributed by atoms with Gasteiger partial charge in [0.25, 0.3) is 0 Å². The molecular formula is C13H10F2N2O2. The molecule has 0 fully saturated rings. The molecule has 2 rings (SSSR count). The number of nitrogen functional groups attached to an aromatic ring is 1. The Morgan fingerprint density at radius 2 is 1.84 bits per heavy atom. The highest BCUT2D eigenvalue weighted by Crippen LogP contribution is 2.25. The van der Waals surface area contributed by atoms with E-state index < -0.39 is 17.6 Å². The lowest BCUT2D eigenvalue weighted by Crippen LogP contribution is -2.04. The highest BCUT2D eigenvalue weighted by atomic mass is 19.1. The Kier molecular flexibility index (Phi) is 3.33. The molecule has 0 aromatic heterocycles. The maximum absolute atomic E-state index is 13.5. The molecule has 2 aromatic rings. The van der Waals surface area contributed by atoms with Gasteiger partial charge in [0.15, 0.2) is 0 Å². The molecule has 4 N–H and O–H groups in total. The van der Waals surface area contributed by atoms with Crippen LogP contribution in [0, 0.1) is 11.6 Å². The van der Waals surface area contributed by atoms with E-state index in [2.05, 4.69) is 5.32 Å². The van der Waals surface area contributed by atoms with Gasteiger partial charge < -0.3 is 16.2 Å². The highest BCUT2D eigenvalue weighted by molar-refractivity contribution is 5.96. The highest BCUT2D eigenvalue weighted by Gasteiger charge is 2.12. The fraction of sp³-hybridized carbons (Fsp3) is 0. The van der Waals surface area contributed by atoms with E-state index in [1.165, 1.54) is 18.2 Å². The van der Waals surface area contributed by atoms with Crippen LogP contribution in [0.2, 0.25) is 0 Å². The molecule has 0 saturated heterocycles.